The van der Waals surface area contributed by atoms with Gasteiger partial charge >= 0.3 is 17.9 Å². The molecule has 146 valence electrons. The van der Waals surface area contributed by atoms with Crippen LogP contribution in [-0.4, -0.2) is 66.4 Å². The lowest BCUT2D eigenvalue weighted by Gasteiger charge is -2.33. The van der Waals surface area contributed by atoms with E-state index in [-0.39, 0.29) is 19.7 Å². The van der Waals surface area contributed by atoms with Gasteiger partial charge in [-0.3, -0.25) is 14.4 Å². The molecule has 1 aliphatic carbocycles. The van der Waals surface area contributed by atoms with Crippen LogP contribution >= 0.6 is 11.3 Å². The normalized spacial score (nSPS) is 16.0. The number of piperazine rings is 1. The van der Waals surface area contributed by atoms with Crippen molar-refractivity contribution in [1.82, 2.24) is 9.80 Å². The second-order valence-corrected chi connectivity index (χ2v) is 7.46. The number of amides is 4. The fraction of sp³-hybridized carbons (Fsp3) is 0.529. The first kappa shape index (κ1) is 19.2. The molecule has 1 aliphatic heterocycles. The lowest BCUT2D eigenvalue weighted by Crippen LogP contribution is -2.53. The maximum Gasteiger partial charge on any atom is 0.409 e. The van der Waals surface area contributed by atoms with E-state index in [2.05, 4.69) is 5.32 Å². The molecule has 0 atom stereocenters. The summed E-state index contributed by atoms with van der Waals surface area (Å²) in [7, 11) is 0. The summed E-state index contributed by atoms with van der Waals surface area (Å²) in [6.45, 7) is 3.11. The summed E-state index contributed by atoms with van der Waals surface area (Å²) in [6, 6.07) is 0. The topological polar surface area (TPSA) is 122 Å². The summed E-state index contributed by atoms with van der Waals surface area (Å²) in [5.74, 6) is -2.09. The molecular weight excluding hydrogens is 372 g/mol. The van der Waals surface area contributed by atoms with E-state index in [1.54, 1.807) is 6.92 Å². The maximum absolute atomic E-state index is 12.4. The molecule has 2 heterocycles. The third-order valence-corrected chi connectivity index (χ3v) is 5.89. The van der Waals surface area contributed by atoms with E-state index in [4.69, 9.17) is 10.5 Å². The fourth-order valence-electron chi connectivity index (χ4n) is 3.36. The molecule has 1 aromatic rings. The smallest absolute Gasteiger partial charge is 0.409 e. The summed E-state index contributed by atoms with van der Waals surface area (Å²) in [6.07, 6.45) is 2.14. The number of carbonyl (C=O) groups is 4. The van der Waals surface area contributed by atoms with Crippen LogP contribution in [0.25, 0.3) is 0 Å². The molecule has 2 aliphatic rings. The van der Waals surface area contributed by atoms with Crippen molar-refractivity contribution in [2.24, 2.45) is 5.73 Å². The zero-order valence-corrected chi connectivity index (χ0v) is 15.9. The Morgan fingerprint density at radius 3 is 2.41 bits per heavy atom. The van der Waals surface area contributed by atoms with Crippen molar-refractivity contribution < 1.29 is 23.9 Å². The summed E-state index contributed by atoms with van der Waals surface area (Å²) in [4.78, 5) is 52.2. The van der Waals surface area contributed by atoms with Crippen molar-refractivity contribution in [3.8, 4) is 0 Å². The molecule has 27 heavy (non-hydrogen) atoms. The van der Waals surface area contributed by atoms with E-state index in [0.29, 0.717) is 23.7 Å². The highest BCUT2D eigenvalue weighted by Gasteiger charge is 2.31. The van der Waals surface area contributed by atoms with E-state index in [1.165, 1.54) is 21.1 Å². The van der Waals surface area contributed by atoms with Gasteiger partial charge in [-0.1, -0.05) is 0 Å². The minimum absolute atomic E-state index is 0.245. The predicted molar refractivity (Wildman–Crippen MR) is 98.7 cm³/mol. The number of nitrogens with zero attached hydrogens (tertiary/aromatic N) is 2. The number of aryl methyl sites for hydroxylation is 1. The Balaban J connectivity index is 1.62. The minimum Gasteiger partial charge on any atom is -0.450 e. The van der Waals surface area contributed by atoms with Crippen molar-refractivity contribution in [2.45, 2.75) is 26.2 Å². The molecular formula is C17H22N4O5S. The summed E-state index contributed by atoms with van der Waals surface area (Å²) in [5.41, 5.74) is 6.67. The van der Waals surface area contributed by atoms with Crippen molar-refractivity contribution in [1.29, 1.82) is 0 Å². The van der Waals surface area contributed by atoms with Gasteiger partial charge in [0.1, 0.15) is 5.00 Å². The van der Waals surface area contributed by atoms with Crippen LogP contribution in [0.1, 0.15) is 34.1 Å². The average molecular weight is 394 g/mol. The number of ether oxygens (including phenoxy) is 1. The number of hydrogen-bond acceptors (Lipinski definition) is 6. The van der Waals surface area contributed by atoms with Gasteiger partial charge in [0.05, 0.1) is 12.2 Å². The molecule has 1 saturated heterocycles. The highest BCUT2D eigenvalue weighted by Crippen LogP contribution is 2.38. The Morgan fingerprint density at radius 2 is 1.78 bits per heavy atom. The van der Waals surface area contributed by atoms with Gasteiger partial charge in [0.2, 0.25) is 0 Å². The molecule has 3 N–H and O–H groups in total. The number of thiophene rings is 1. The summed E-state index contributed by atoms with van der Waals surface area (Å²) in [5, 5.41) is 2.90. The fourth-order valence-corrected chi connectivity index (χ4v) is 4.65. The van der Waals surface area contributed by atoms with Crippen LogP contribution in [0, 0.1) is 0 Å². The van der Waals surface area contributed by atoms with Gasteiger partial charge in [0, 0.05) is 31.1 Å². The van der Waals surface area contributed by atoms with E-state index < -0.39 is 23.8 Å². The molecule has 0 unspecified atom stereocenters. The maximum atomic E-state index is 12.4. The highest BCUT2D eigenvalue weighted by atomic mass is 32.1. The van der Waals surface area contributed by atoms with E-state index in [0.717, 1.165) is 29.7 Å². The monoisotopic (exact) mass is 394 g/mol. The van der Waals surface area contributed by atoms with Crippen molar-refractivity contribution in [3.05, 3.63) is 16.0 Å². The van der Waals surface area contributed by atoms with Crippen LogP contribution in [0.5, 0.6) is 0 Å². The van der Waals surface area contributed by atoms with Crippen molar-refractivity contribution in [2.75, 3.05) is 38.1 Å². The number of carbonyl (C=O) groups excluding carboxylic acids is 4. The van der Waals surface area contributed by atoms with Crippen LogP contribution in [0.3, 0.4) is 0 Å². The third kappa shape index (κ3) is 3.90. The number of anilines is 1. The van der Waals surface area contributed by atoms with Crippen LogP contribution < -0.4 is 11.1 Å². The molecule has 1 fully saturated rings. The first-order valence-electron chi connectivity index (χ1n) is 8.88. The van der Waals surface area contributed by atoms with Crippen molar-refractivity contribution >= 4 is 40.2 Å². The molecule has 0 radical (unpaired) electrons. The first-order chi connectivity index (χ1) is 12.9. The van der Waals surface area contributed by atoms with Crippen LogP contribution in [0.2, 0.25) is 0 Å². The van der Waals surface area contributed by atoms with Gasteiger partial charge in [-0.15, -0.1) is 11.3 Å². The zero-order chi connectivity index (χ0) is 19.6. The number of hydrogen-bond donors (Lipinski definition) is 2. The quantitative estimate of drug-likeness (QED) is 0.726. The third-order valence-electron chi connectivity index (χ3n) is 4.68. The summed E-state index contributed by atoms with van der Waals surface area (Å²) >= 11 is 1.31. The molecule has 3 rings (SSSR count). The number of rotatable bonds is 3. The predicted octanol–water partition coefficient (Wildman–Crippen LogP) is 0.575. The Bertz CT molecular complexity index is 783. The van der Waals surface area contributed by atoms with Crippen LogP contribution in [-0.2, 0) is 27.2 Å². The van der Waals surface area contributed by atoms with Gasteiger partial charge in [-0.2, -0.15) is 0 Å². The molecule has 1 aromatic heterocycles. The SMILES string of the molecule is CCOC(=O)N1CCN(C(=O)C(=O)Nc2sc3c(c2C(N)=O)CCC3)CC1. The Hall–Kier alpha value is -2.62. The lowest BCUT2D eigenvalue weighted by molar-refractivity contribution is -0.144. The lowest BCUT2D eigenvalue weighted by atomic mass is 10.1. The second-order valence-electron chi connectivity index (χ2n) is 6.36. The van der Waals surface area contributed by atoms with Crippen LogP contribution in [0.4, 0.5) is 9.80 Å². The van der Waals surface area contributed by atoms with Gasteiger partial charge in [-0.25, -0.2) is 4.79 Å². The molecule has 0 saturated carbocycles. The molecule has 9 nitrogen and oxygen atoms in total. The summed E-state index contributed by atoms with van der Waals surface area (Å²) < 4.78 is 4.93. The van der Waals surface area contributed by atoms with Gasteiger partial charge in [-0.05, 0) is 31.7 Å². The zero-order valence-electron chi connectivity index (χ0n) is 15.1. The molecule has 10 heteroatoms. The van der Waals surface area contributed by atoms with Gasteiger partial charge in [0.15, 0.2) is 0 Å². The Kier molecular flexibility index (Phi) is 5.64. The first-order valence-corrected chi connectivity index (χ1v) is 9.70. The van der Waals surface area contributed by atoms with E-state index in [9.17, 15) is 19.2 Å². The van der Waals surface area contributed by atoms with Gasteiger partial charge in [0.25, 0.3) is 5.91 Å². The van der Waals surface area contributed by atoms with E-state index >= 15 is 0 Å². The molecule has 4 amide bonds. The Morgan fingerprint density at radius 1 is 1.11 bits per heavy atom. The van der Waals surface area contributed by atoms with E-state index in [1.807, 2.05) is 0 Å². The van der Waals surface area contributed by atoms with Crippen molar-refractivity contribution in [3.63, 3.8) is 0 Å². The molecule has 0 bridgehead atoms. The van der Waals surface area contributed by atoms with Crippen LogP contribution in [0.15, 0.2) is 0 Å². The molecule has 0 spiro atoms. The Labute approximate surface area is 160 Å². The highest BCUT2D eigenvalue weighted by molar-refractivity contribution is 7.17. The number of primary amides is 1. The average Bonchev–Trinajstić information content (AvgIpc) is 3.21. The van der Waals surface area contributed by atoms with Gasteiger partial charge < -0.3 is 25.6 Å². The standard InChI is InChI=1S/C17H22N4O5S/c1-2-26-17(25)21-8-6-20(7-9-21)16(24)14(23)19-15-12(13(18)22)10-4-3-5-11(10)27-15/h2-9H2,1H3,(H2,18,22)(H,19,23). The minimum atomic E-state index is -0.804. The number of nitrogens with one attached hydrogen (secondary N) is 1. The second kappa shape index (κ2) is 7.95. The number of fused-ring (bicyclic) bond motifs is 1. The largest absolute Gasteiger partial charge is 0.450 e. The molecule has 0 aromatic carbocycles. The number of nitrogens with two attached hydrogens (primary N) is 1.